The van der Waals surface area contributed by atoms with Gasteiger partial charge in [-0.05, 0) is 51.7 Å². The van der Waals surface area contributed by atoms with Crippen LogP contribution in [0.2, 0.25) is 5.02 Å². The average molecular weight is 353 g/mol. The number of halogens is 2. The molecule has 2 aromatic carbocycles. The molecule has 4 heteroatoms. The lowest BCUT2D eigenvalue weighted by Gasteiger charge is -2.26. The van der Waals surface area contributed by atoms with Gasteiger partial charge in [-0.1, -0.05) is 35.9 Å². The minimum Gasteiger partial charge on any atom is -0.382 e. The van der Waals surface area contributed by atoms with Gasteiger partial charge in [-0.3, -0.25) is 0 Å². The van der Waals surface area contributed by atoms with E-state index in [1.807, 2.05) is 18.2 Å². The van der Waals surface area contributed by atoms with Gasteiger partial charge in [-0.25, -0.2) is 0 Å². The molecule has 104 valence electrons. The first-order valence-corrected chi connectivity index (χ1v) is 7.79. The minimum atomic E-state index is 0.106. The zero-order valence-electron chi connectivity index (χ0n) is 10.9. The molecule has 0 radical (unpaired) electrons. The highest BCUT2D eigenvalue weighted by Crippen LogP contribution is 2.29. The zero-order valence-corrected chi connectivity index (χ0v) is 13.2. The van der Waals surface area contributed by atoms with Gasteiger partial charge in [0.05, 0.1) is 17.7 Å². The maximum Gasteiger partial charge on any atom is 0.0999 e. The van der Waals surface area contributed by atoms with E-state index in [4.69, 9.17) is 16.3 Å². The molecule has 1 aliphatic rings. The van der Waals surface area contributed by atoms with Crippen molar-refractivity contribution in [2.75, 3.05) is 18.5 Å². The van der Waals surface area contributed by atoms with Crippen LogP contribution >= 0.6 is 27.5 Å². The molecule has 3 rings (SSSR count). The number of hydrogen-bond donors (Lipinski definition) is 1. The van der Waals surface area contributed by atoms with Gasteiger partial charge in [0.2, 0.25) is 0 Å². The molecule has 1 atom stereocenters. The van der Waals surface area contributed by atoms with Crippen LogP contribution in [-0.4, -0.2) is 13.2 Å². The van der Waals surface area contributed by atoms with E-state index in [2.05, 4.69) is 45.5 Å². The van der Waals surface area contributed by atoms with Crippen molar-refractivity contribution in [2.45, 2.75) is 12.5 Å². The van der Waals surface area contributed by atoms with Crippen LogP contribution in [-0.2, 0) is 11.2 Å². The molecule has 0 aromatic heterocycles. The van der Waals surface area contributed by atoms with E-state index in [0.29, 0.717) is 0 Å². The second kappa shape index (κ2) is 6.17. The Morgan fingerprint density at radius 1 is 1.25 bits per heavy atom. The van der Waals surface area contributed by atoms with E-state index in [0.717, 1.165) is 34.8 Å². The van der Waals surface area contributed by atoms with Crippen LogP contribution in [0.4, 0.5) is 5.69 Å². The van der Waals surface area contributed by atoms with Gasteiger partial charge in [-0.2, -0.15) is 0 Å². The Morgan fingerprint density at radius 2 is 2.10 bits per heavy atom. The molecule has 1 aliphatic heterocycles. The standard InChI is InChI=1S/C16H15BrClNO/c17-14-9-12(5-6-15(14)18)19-10-16-13-4-2-1-3-11(13)7-8-20-16/h1-6,9,16,19H,7-8,10H2. The Balaban J connectivity index is 1.71. The first-order valence-electron chi connectivity index (χ1n) is 6.62. The summed E-state index contributed by atoms with van der Waals surface area (Å²) in [5.74, 6) is 0. The highest BCUT2D eigenvalue weighted by atomic mass is 79.9. The van der Waals surface area contributed by atoms with E-state index in [9.17, 15) is 0 Å². The predicted molar refractivity (Wildman–Crippen MR) is 86.5 cm³/mol. The third-order valence-corrected chi connectivity index (χ3v) is 4.72. The van der Waals surface area contributed by atoms with Crippen molar-refractivity contribution in [3.63, 3.8) is 0 Å². The molecule has 20 heavy (non-hydrogen) atoms. The fourth-order valence-electron chi connectivity index (χ4n) is 2.46. The van der Waals surface area contributed by atoms with Crippen molar-refractivity contribution in [3.8, 4) is 0 Å². The molecule has 0 fully saturated rings. The summed E-state index contributed by atoms with van der Waals surface area (Å²) in [7, 11) is 0. The smallest absolute Gasteiger partial charge is 0.0999 e. The van der Waals surface area contributed by atoms with E-state index < -0.39 is 0 Å². The summed E-state index contributed by atoms with van der Waals surface area (Å²) in [5.41, 5.74) is 3.72. The van der Waals surface area contributed by atoms with Crippen molar-refractivity contribution in [3.05, 3.63) is 63.1 Å². The number of benzene rings is 2. The zero-order chi connectivity index (χ0) is 13.9. The first-order chi connectivity index (χ1) is 9.74. The van der Waals surface area contributed by atoms with E-state index in [1.165, 1.54) is 11.1 Å². The number of nitrogens with one attached hydrogen (secondary N) is 1. The summed E-state index contributed by atoms with van der Waals surface area (Å²) < 4.78 is 6.78. The van der Waals surface area contributed by atoms with E-state index >= 15 is 0 Å². The molecule has 2 aromatic rings. The van der Waals surface area contributed by atoms with E-state index in [1.54, 1.807) is 0 Å². The fourth-order valence-corrected chi connectivity index (χ4v) is 2.96. The first kappa shape index (κ1) is 13.9. The molecular weight excluding hydrogens is 338 g/mol. The van der Waals surface area contributed by atoms with Gasteiger partial charge in [0.1, 0.15) is 0 Å². The van der Waals surface area contributed by atoms with Crippen molar-refractivity contribution in [1.82, 2.24) is 0 Å². The lowest BCUT2D eigenvalue weighted by Crippen LogP contribution is -2.22. The second-order valence-electron chi connectivity index (χ2n) is 4.82. The Bertz CT molecular complexity index is 617. The van der Waals surface area contributed by atoms with Crippen LogP contribution in [0.1, 0.15) is 17.2 Å². The Kier molecular flexibility index (Phi) is 4.29. The molecule has 0 bridgehead atoms. The van der Waals surface area contributed by atoms with Gasteiger partial charge in [0.25, 0.3) is 0 Å². The third-order valence-electron chi connectivity index (χ3n) is 3.50. The normalized spacial score (nSPS) is 17.6. The molecule has 1 unspecified atom stereocenters. The SMILES string of the molecule is Clc1ccc(NCC2OCCc3ccccc32)cc1Br. The highest BCUT2D eigenvalue weighted by Gasteiger charge is 2.19. The van der Waals surface area contributed by atoms with Crippen LogP contribution in [0.3, 0.4) is 0 Å². The van der Waals surface area contributed by atoms with Crippen molar-refractivity contribution >= 4 is 33.2 Å². The Morgan fingerprint density at radius 3 is 2.95 bits per heavy atom. The van der Waals surface area contributed by atoms with Crippen molar-refractivity contribution < 1.29 is 4.74 Å². The number of ether oxygens (including phenoxy) is 1. The third kappa shape index (κ3) is 3.00. The van der Waals surface area contributed by atoms with Gasteiger partial charge >= 0.3 is 0 Å². The highest BCUT2D eigenvalue weighted by molar-refractivity contribution is 9.10. The summed E-state index contributed by atoms with van der Waals surface area (Å²) in [6.07, 6.45) is 1.11. The fraction of sp³-hybridized carbons (Fsp3) is 0.250. The Labute approximate surface area is 132 Å². The molecule has 0 saturated carbocycles. The number of hydrogen-bond acceptors (Lipinski definition) is 2. The van der Waals surface area contributed by atoms with Gasteiger partial charge < -0.3 is 10.1 Å². The monoisotopic (exact) mass is 351 g/mol. The van der Waals surface area contributed by atoms with Crippen LogP contribution in [0.15, 0.2) is 46.9 Å². The van der Waals surface area contributed by atoms with Crippen LogP contribution in [0, 0.1) is 0 Å². The van der Waals surface area contributed by atoms with Gasteiger partial charge in [-0.15, -0.1) is 0 Å². The molecule has 0 saturated heterocycles. The number of fused-ring (bicyclic) bond motifs is 1. The lowest BCUT2D eigenvalue weighted by atomic mass is 9.97. The summed E-state index contributed by atoms with van der Waals surface area (Å²) in [5, 5.41) is 4.13. The van der Waals surface area contributed by atoms with Crippen LogP contribution < -0.4 is 5.32 Å². The van der Waals surface area contributed by atoms with Gasteiger partial charge in [0, 0.05) is 16.7 Å². The minimum absolute atomic E-state index is 0.106. The van der Waals surface area contributed by atoms with Crippen LogP contribution in [0.25, 0.3) is 0 Å². The summed E-state index contributed by atoms with van der Waals surface area (Å²) in [4.78, 5) is 0. The molecule has 1 N–H and O–H groups in total. The summed E-state index contributed by atoms with van der Waals surface area (Å²) in [6, 6.07) is 14.3. The number of rotatable bonds is 3. The van der Waals surface area contributed by atoms with Crippen molar-refractivity contribution in [1.29, 1.82) is 0 Å². The largest absolute Gasteiger partial charge is 0.382 e. The molecule has 2 nitrogen and oxygen atoms in total. The predicted octanol–water partition coefficient (Wildman–Crippen LogP) is 4.83. The average Bonchev–Trinajstić information content (AvgIpc) is 2.48. The molecular formula is C16H15BrClNO. The molecule has 0 aliphatic carbocycles. The van der Waals surface area contributed by atoms with Gasteiger partial charge in [0.15, 0.2) is 0 Å². The Hall–Kier alpha value is -1.03. The summed E-state index contributed by atoms with van der Waals surface area (Å²) >= 11 is 9.43. The molecule has 0 spiro atoms. The maximum absolute atomic E-state index is 6.00. The van der Waals surface area contributed by atoms with Crippen LogP contribution in [0.5, 0.6) is 0 Å². The quantitative estimate of drug-likeness (QED) is 0.854. The topological polar surface area (TPSA) is 21.3 Å². The van der Waals surface area contributed by atoms with E-state index in [-0.39, 0.29) is 6.10 Å². The molecule has 1 heterocycles. The summed E-state index contributed by atoms with van der Waals surface area (Å²) in [6.45, 7) is 1.54. The number of anilines is 1. The molecule has 0 amide bonds. The second-order valence-corrected chi connectivity index (χ2v) is 6.08. The lowest BCUT2D eigenvalue weighted by molar-refractivity contribution is 0.0513. The maximum atomic E-state index is 6.00. The van der Waals surface area contributed by atoms with Crippen molar-refractivity contribution in [2.24, 2.45) is 0 Å².